The summed E-state index contributed by atoms with van der Waals surface area (Å²) in [4.78, 5) is 4.26. The predicted molar refractivity (Wildman–Crippen MR) is 140 cm³/mol. The van der Waals surface area contributed by atoms with Gasteiger partial charge in [0.15, 0.2) is 12.0 Å². The lowest BCUT2D eigenvalue weighted by atomic mass is 9.88. The predicted octanol–water partition coefficient (Wildman–Crippen LogP) is 7.08. The number of nitrogens with one attached hydrogen (secondary N) is 1. The summed E-state index contributed by atoms with van der Waals surface area (Å²) in [5.74, 6) is 2.06. The molecule has 2 aromatic carbocycles. The number of hydrogen-bond acceptors (Lipinski definition) is 6. The molecular formula is C26H31N3OS2. The summed E-state index contributed by atoms with van der Waals surface area (Å²) in [6.07, 6.45) is 12.7. The van der Waals surface area contributed by atoms with E-state index in [-0.39, 0.29) is 6.04 Å². The lowest BCUT2D eigenvalue weighted by Gasteiger charge is -2.21. The van der Waals surface area contributed by atoms with Gasteiger partial charge in [-0.05, 0) is 65.8 Å². The fraction of sp³-hybridized carbons (Fsp3) is 0.462. The minimum absolute atomic E-state index is 0.230. The second-order valence-corrected chi connectivity index (χ2v) is 11.1. The van der Waals surface area contributed by atoms with Gasteiger partial charge < -0.3 is 15.5 Å². The van der Waals surface area contributed by atoms with E-state index in [9.17, 15) is 0 Å². The van der Waals surface area contributed by atoms with Crippen molar-refractivity contribution in [2.45, 2.75) is 63.8 Å². The smallest absolute Gasteiger partial charge is 0.182 e. The molecule has 3 N–H and O–H groups in total. The van der Waals surface area contributed by atoms with Crippen LogP contribution in [0.2, 0.25) is 0 Å². The van der Waals surface area contributed by atoms with Gasteiger partial charge in [0.1, 0.15) is 5.52 Å². The topological polar surface area (TPSA) is 64.1 Å². The Labute approximate surface area is 199 Å². The van der Waals surface area contributed by atoms with Gasteiger partial charge in [0.05, 0.1) is 15.9 Å². The van der Waals surface area contributed by atoms with Crippen molar-refractivity contribution in [2.75, 3.05) is 16.8 Å². The van der Waals surface area contributed by atoms with E-state index >= 15 is 0 Å². The molecule has 1 fully saturated rings. The molecule has 1 saturated carbocycles. The average Bonchev–Trinajstić information content (AvgIpc) is 3.43. The van der Waals surface area contributed by atoms with Gasteiger partial charge in [-0.3, -0.25) is 0 Å². The fourth-order valence-corrected chi connectivity index (χ4v) is 6.58. The highest BCUT2D eigenvalue weighted by Crippen LogP contribution is 2.38. The highest BCUT2D eigenvalue weighted by atomic mass is 32.2. The first kappa shape index (κ1) is 21.8. The molecule has 1 unspecified atom stereocenters. The minimum Gasteiger partial charge on any atom is -0.441 e. The number of thiocarbonyl (C=S) groups is 1. The summed E-state index contributed by atoms with van der Waals surface area (Å²) in [7, 11) is 0. The summed E-state index contributed by atoms with van der Waals surface area (Å²) in [6, 6.07) is 10.7. The van der Waals surface area contributed by atoms with Gasteiger partial charge in [-0.1, -0.05) is 56.5 Å². The number of thioether (sulfide) groups is 1. The van der Waals surface area contributed by atoms with Crippen LogP contribution in [0, 0.1) is 5.92 Å². The number of anilines is 2. The van der Waals surface area contributed by atoms with Crippen molar-refractivity contribution in [2.24, 2.45) is 5.92 Å². The Morgan fingerprint density at radius 3 is 2.94 bits per heavy atom. The maximum atomic E-state index is 6.49. The second-order valence-electron chi connectivity index (χ2n) is 9.18. The molecule has 0 aliphatic heterocycles. The average molecular weight is 466 g/mol. The molecule has 0 bridgehead atoms. The molecule has 5 rings (SSSR count). The number of aryl methyl sites for hydroxylation is 1. The van der Waals surface area contributed by atoms with Gasteiger partial charge >= 0.3 is 0 Å². The van der Waals surface area contributed by atoms with E-state index in [1.165, 1.54) is 61.6 Å². The molecule has 168 valence electrons. The summed E-state index contributed by atoms with van der Waals surface area (Å²) in [6.45, 7) is 0. The van der Waals surface area contributed by atoms with E-state index in [4.69, 9.17) is 22.4 Å². The normalized spacial score (nSPS) is 18.7. The minimum atomic E-state index is 0.230. The van der Waals surface area contributed by atoms with Crippen LogP contribution in [0.1, 0.15) is 67.7 Å². The summed E-state index contributed by atoms with van der Waals surface area (Å²) < 4.78 is 6.66. The van der Waals surface area contributed by atoms with Gasteiger partial charge in [0, 0.05) is 12.1 Å². The quantitative estimate of drug-likeness (QED) is 0.287. The molecule has 6 heteroatoms. The van der Waals surface area contributed by atoms with E-state index in [0.717, 1.165) is 57.6 Å². The first-order chi connectivity index (χ1) is 15.7. The molecule has 0 amide bonds. The number of fused-ring (bicyclic) bond motifs is 2. The van der Waals surface area contributed by atoms with Crippen molar-refractivity contribution in [1.29, 1.82) is 0 Å². The molecule has 2 aliphatic carbocycles. The Morgan fingerprint density at radius 1 is 1.19 bits per heavy atom. The monoisotopic (exact) mass is 465 g/mol. The molecule has 1 atom stereocenters. The Bertz CT molecular complexity index is 1100. The zero-order chi connectivity index (χ0) is 21.9. The Balaban J connectivity index is 1.21. The van der Waals surface area contributed by atoms with E-state index in [0.29, 0.717) is 0 Å². The lowest BCUT2D eigenvalue weighted by Crippen LogP contribution is -2.09. The van der Waals surface area contributed by atoms with Crippen LogP contribution < -0.4 is 11.1 Å². The number of nitrogens with zero attached hydrogens (tertiary/aromatic N) is 1. The highest BCUT2D eigenvalue weighted by molar-refractivity contribution is 8.23. The Hall–Kier alpha value is -2.05. The van der Waals surface area contributed by atoms with E-state index in [1.807, 2.05) is 30.0 Å². The van der Waals surface area contributed by atoms with Crippen LogP contribution in [0.3, 0.4) is 0 Å². The maximum absolute atomic E-state index is 6.49. The van der Waals surface area contributed by atoms with E-state index in [2.05, 4.69) is 22.4 Å². The standard InChI is InChI=1S/C26H31N3OS2/c27-21-15-20-18(9-10-22(20)29-24-8-4-7-23-26(24)30-16-28-23)13-19(21)14-25(31)32-12-11-17-5-2-1-3-6-17/h4,7-8,13,15-17,22,29H,1-3,5-6,9-12,14,27H2. The number of benzene rings is 2. The van der Waals surface area contributed by atoms with E-state index in [1.54, 1.807) is 0 Å². The lowest BCUT2D eigenvalue weighted by molar-refractivity contribution is 0.352. The molecule has 1 heterocycles. The first-order valence-electron chi connectivity index (χ1n) is 11.8. The molecule has 1 aromatic heterocycles. The van der Waals surface area contributed by atoms with Crippen LogP contribution in [0.5, 0.6) is 0 Å². The largest absolute Gasteiger partial charge is 0.441 e. The third kappa shape index (κ3) is 4.81. The molecule has 0 radical (unpaired) electrons. The molecule has 0 saturated heterocycles. The Morgan fingerprint density at radius 2 is 2.06 bits per heavy atom. The van der Waals surface area contributed by atoms with Gasteiger partial charge in [0.25, 0.3) is 0 Å². The number of aromatic nitrogens is 1. The third-order valence-corrected chi connectivity index (χ3v) is 8.42. The zero-order valence-corrected chi connectivity index (χ0v) is 20.1. The van der Waals surface area contributed by atoms with Crippen molar-refractivity contribution in [3.05, 3.63) is 53.4 Å². The summed E-state index contributed by atoms with van der Waals surface area (Å²) >= 11 is 7.57. The van der Waals surface area contributed by atoms with Crippen molar-refractivity contribution in [3.8, 4) is 0 Å². The molecule has 4 nitrogen and oxygen atoms in total. The van der Waals surface area contributed by atoms with Crippen LogP contribution in [0.15, 0.2) is 41.1 Å². The van der Waals surface area contributed by atoms with Gasteiger partial charge in [0.2, 0.25) is 0 Å². The fourth-order valence-electron chi connectivity index (χ4n) is 5.24. The van der Waals surface area contributed by atoms with Gasteiger partial charge in [-0.2, -0.15) is 0 Å². The first-order valence-corrected chi connectivity index (χ1v) is 13.2. The second kappa shape index (κ2) is 9.84. The number of rotatable bonds is 7. The third-order valence-electron chi connectivity index (χ3n) is 7.01. The van der Waals surface area contributed by atoms with Crippen molar-refractivity contribution < 1.29 is 4.42 Å². The van der Waals surface area contributed by atoms with Gasteiger partial charge in [-0.25, -0.2) is 4.98 Å². The van der Waals surface area contributed by atoms with Crippen LogP contribution in [0.25, 0.3) is 11.1 Å². The molecule has 32 heavy (non-hydrogen) atoms. The summed E-state index contributed by atoms with van der Waals surface area (Å²) in [5, 5.41) is 3.65. The maximum Gasteiger partial charge on any atom is 0.182 e. The number of nitrogen functional groups attached to an aromatic ring is 1. The molecule has 3 aromatic rings. The number of hydrogen-bond donors (Lipinski definition) is 2. The summed E-state index contributed by atoms with van der Waals surface area (Å²) in [5.41, 5.74) is 13.9. The molecule has 2 aliphatic rings. The van der Waals surface area contributed by atoms with Crippen molar-refractivity contribution >= 4 is 50.7 Å². The Kier molecular flexibility index (Phi) is 6.69. The van der Waals surface area contributed by atoms with Crippen LogP contribution in [0.4, 0.5) is 11.4 Å². The van der Waals surface area contributed by atoms with E-state index < -0.39 is 0 Å². The number of para-hydroxylation sites is 1. The van der Waals surface area contributed by atoms with Crippen LogP contribution in [-0.4, -0.2) is 14.9 Å². The van der Waals surface area contributed by atoms with Crippen LogP contribution >= 0.6 is 24.0 Å². The van der Waals surface area contributed by atoms with Gasteiger partial charge in [-0.15, -0.1) is 11.8 Å². The molecular weight excluding hydrogens is 434 g/mol. The van der Waals surface area contributed by atoms with Crippen molar-refractivity contribution in [3.63, 3.8) is 0 Å². The number of nitrogens with two attached hydrogens (primary N) is 1. The number of oxazole rings is 1. The highest BCUT2D eigenvalue weighted by Gasteiger charge is 2.25. The SMILES string of the molecule is Nc1cc2c(cc1CC(=S)SCCC1CCCCC1)CCC2Nc1cccc2ncoc12. The molecule has 0 spiro atoms. The van der Waals surface area contributed by atoms with Crippen LogP contribution in [-0.2, 0) is 12.8 Å². The van der Waals surface area contributed by atoms with Crippen molar-refractivity contribution in [1.82, 2.24) is 4.98 Å². The zero-order valence-electron chi connectivity index (χ0n) is 18.4.